The van der Waals surface area contributed by atoms with Gasteiger partial charge in [0.2, 0.25) is 0 Å². The number of nitrogens with one attached hydrogen (secondary N) is 2. The van der Waals surface area contributed by atoms with Gasteiger partial charge >= 0.3 is 0 Å². The van der Waals surface area contributed by atoms with Crippen molar-refractivity contribution in [3.05, 3.63) is 165 Å². The molecular weight excluding hydrogens is 743 g/mol. The lowest BCUT2D eigenvalue weighted by Gasteiger charge is -2.18. The fourth-order valence-electron chi connectivity index (χ4n) is 6.16. The van der Waals surface area contributed by atoms with Crippen molar-refractivity contribution in [1.29, 1.82) is 5.26 Å². The van der Waals surface area contributed by atoms with E-state index in [-0.39, 0.29) is 13.2 Å². The Hall–Kier alpha value is -5.50. The standard InChI is InChI=1S/C45H44Cl2N6O3/c1-32-37(5-2-6-39(32)40-7-3-8-42(45(40)47)54-22-4-15-49-16-9-33-10-17-50-18-11-33)31-56-44-25-43(55-30-36-23-35(26-48)27-53-28-36)38(24-41(44)46)29-52-21-14-34-12-19-51-20-13-34/h2-3,5-8,10-13,17-20,23-25,27-28,49,52H,4,9,14-16,21-22,29-31H2,1H3. The first kappa shape index (κ1) is 40.2. The number of benzene rings is 3. The summed E-state index contributed by atoms with van der Waals surface area (Å²) in [5, 5.41) is 17.4. The molecule has 0 aliphatic rings. The summed E-state index contributed by atoms with van der Waals surface area (Å²) in [5.41, 5.74) is 8.52. The van der Waals surface area contributed by atoms with Gasteiger partial charge in [-0.05, 0) is 116 Å². The monoisotopic (exact) mass is 786 g/mol. The number of halogens is 2. The molecule has 0 saturated carbocycles. The molecule has 0 fully saturated rings. The van der Waals surface area contributed by atoms with E-state index >= 15 is 0 Å². The third kappa shape index (κ3) is 11.5. The second-order valence-corrected chi connectivity index (χ2v) is 14.0. The summed E-state index contributed by atoms with van der Waals surface area (Å²) in [7, 11) is 0. The Morgan fingerprint density at radius 1 is 0.643 bits per heavy atom. The molecule has 0 atom stereocenters. The first-order chi connectivity index (χ1) is 27.5. The molecule has 6 rings (SSSR count). The topological polar surface area (TPSA) is 114 Å². The average molecular weight is 788 g/mol. The number of nitrogens with zero attached hydrogens (tertiary/aromatic N) is 4. The first-order valence-corrected chi connectivity index (χ1v) is 19.4. The molecule has 3 aromatic heterocycles. The van der Waals surface area contributed by atoms with Crippen molar-refractivity contribution in [1.82, 2.24) is 25.6 Å². The van der Waals surface area contributed by atoms with Gasteiger partial charge in [-0.2, -0.15) is 5.26 Å². The molecule has 3 heterocycles. The largest absolute Gasteiger partial charge is 0.492 e. The van der Waals surface area contributed by atoms with Crippen molar-refractivity contribution >= 4 is 23.2 Å². The highest BCUT2D eigenvalue weighted by Gasteiger charge is 2.16. The maximum Gasteiger partial charge on any atom is 0.142 e. The zero-order valence-electron chi connectivity index (χ0n) is 31.3. The maximum atomic E-state index is 9.34. The number of ether oxygens (including phenoxy) is 3. The van der Waals surface area contributed by atoms with E-state index < -0.39 is 0 Å². The van der Waals surface area contributed by atoms with Gasteiger partial charge in [0.25, 0.3) is 0 Å². The molecule has 3 aromatic carbocycles. The van der Waals surface area contributed by atoms with Crippen molar-refractivity contribution in [3.8, 4) is 34.4 Å². The molecule has 0 amide bonds. The fraction of sp³-hybridized carbons (Fsp3) is 0.244. The van der Waals surface area contributed by atoms with E-state index in [0.717, 1.165) is 72.3 Å². The van der Waals surface area contributed by atoms with E-state index in [1.54, 1.807) is 24.7 Å². The lowest BCUT2D eigenvalue weighted by Crippen LogP contribution is -2.20. The van der Waals surface area contributed by atoms with Crippen LogP contribution >= 0.6 is 23.2 Å². The zero-order chi connectivity index (χ0) is 39.0. The minimum atomic E-state index is 0.224. The van der Waals surface area contributed by atoms with Crippen molar-refractivity contribution < 1.29 is 14.2 Å². The molecule has 9 nitrogen and oxygen atoms in total. The zero-order valence-corrected chi connectivity index (χ0v) is 32.8. The van der Waals surface area contributed by atoms with E-state index in [1.807, 2.05) is 79.1 Å². The number of aromatic nitrogens is 3. The van der Waals surface area contributed by atoms with Gasteiger partial charge in [-0.15, -0.1) is 0 Å². The van der Waals surface area contributed by atoms with Gasteiger partial charge < -0.3 is 24.8 Å². The Morgan fingerprint density at radius 2 is 1.34 bits per heavy atom. The van der Waals surface area contributed by atoms with Crippen LogP contribution in [0.2, 0.25) is 10.0 Å². The molecule has 0 aliphatic heterocycles. The second kappa shape index (κ2) is 21.0. The molecule has 0 saturated heterocycles. The van der Waals surface area contributed by atoms with E-state index in [0.29, 0.717) is 46.0 Å². The number of hydrogen-bond acceptors (Lipinski definition) is 9. The summed E-state index contributed by atoms with van der Waals surface area (Å²) in [6.45, 7) is 6.15. The normalized spacial score (nSPS) is 10.9. The molecule has 0 spiro atoms. The minimum absolute atomic E-state index is 0.224. The smallest absolute Gasteiger partial charge is 0.142 e. The van der Waals surface area contributed by atoms with Crippen LogP contribution in [0.3, 0.4) is 0 Å². The molecule has 11 heteroatoms. The van der Waals surface area contributed by atoms with Crippen LogP contribution in [-0.2, 0) is 32.6 Å². The van der Waals surface area contributed by atoms with E-state index in [1.165, 1.54) is 17.3 Å². The second-order valence-electron chi connectivity index (χ2n) is 13.2. The number of pyridine rings is 3. The Morgan fingerprint density at radius 3 is 2.09 bits per heavy atom. The van der Waals surface area contributed by atoms with Crippen LogP contribution in [0.4, 0.5) is 0 Å². The summed E-state index contributed by atoms with van der Waals surface area (Å²) in [5.74, 6) is 1.78. The number of rotatable bonds is 20. The quantitative estimate of drug-likeness (QED) is 0.0732. The fourth-order valence-corrected chi connectivity index (χ4v) is 6.68. The number of nitriles is 1. The third-order valence-electron chi connectivity index (χ3n) is 9.27. The lowest BCUT2D eigenvalue weighted by atomic mass is 9.96. The van der Waals surface area contributed by atoms with E-state index in [4.69, 9.17) is 37.4 Å². The lowest BCUT2D eigenvalue weighted by molar-refractivity contribution is 0.287. The van der Waals surface area contributed by atoms with Gasteiger partial charge in [0, 0.05) is 66.5 Å². The average Bonchev–Trinajstić information content (AvgIpc) is 3.23. The molecular formula is C45H44Cl2N6O3. The maximum absolute atomic E-state index is 9.34. The Balaban J connectivity index is 1.09. The third-order valence-corrected chi connectivity index (χ3v) is 9.95. The molecule has 0 bridgehead atoms. The van der Waals surface area contributed by atoms with Crippen LogP contribution in [0.1, 0.15) is 45.4 Å². The van der Waals surface area contributed by atoms with Gasteiger partial charge in [0.05, 0.1) is 22.2 Å². The summed E-state index contributed by atoms with van der Waals surface area (Å²) < 4.78 is 18.8. The van der Waals surface area contributed by atoms with Crippen molar-refractivity contribution in [2.75, 3.05) is 26.2 Å². The highest BCUT2D eigenvalue weighted by molar-refractivity contribution is 6.35. The molecule has 286 valence electrons. The first-order valence-electron chi connectivity index (χ1n) is 18.6. The van der Waals surface area contributed by atoms with Gasteiger partial charge in [-0.3, -0.25) is 15.0 Å². The molecule has 6 aromatic rings. The van der Waals surface area contributed by atoms with Crippen LogP contribution in [0, 0.1) is 18.3 Å². The van der Waals surface area contributed by atoms with Crippen LogP contribution in [-0.4, -0.2) is 41.2 Å². The highest BCUT2D eigenvalue weighted by Crippen LogP contribution is 2.38. The van der Waals surface area contributed by atoms with Gasteiger partial charge in [0.15, 0.2) is 0 Å². The Kier molecular flexibility index (Phi) is 15.0. The van der Waals surface area contributed by atoms with E-state index in [9.17, 15) is 5.26 Å². The predicted octanol–water partition coefficient (Wildman–Crippen LogP) is 9.12. The summed E-state index contributed by atoms with van der Waals surface area (Å²) in [4.78, 5) is 12.3. The Labute approximate surface area is 338 Å². The summed E-state index contributed by atoms with van der Waals surface area (Å²) in [6, 6.07) is 27.7. The van der Waals surface area contributed by atoms with Gasteiger partial charge in [0.1, 0.15) is 36.5 Å². The van der Waals surface area contributed by atoms with Crippen LogP contribution in [0.15, 0.2) is 116 Å². The SMILES string of the molecule is Cc1c(COc2cc(OCc3cncc(C#N)c3)c(CNCCc3ccncc3)cc2Cl)cccc1-c1cccc(OCCCNCCc2ccncc2)c1Cl. The van der Waals surface area contributed by atoms with Gasteiger partial charge in [-0.1, -0.05) is 53.5 Å². The number of hydrogen-bond donors (Lipinski definition) is 2. The predicted molar refractivity (Wildman–Crippen MR) is 221 cm³/mol. The van der Waals surface area contributed by atoms with Crippen LogP contribution in [0.5, 0.6) is 17.2 Å². The van der Waals surface area contributed by atoms with Gasteiger partial charge in [-0.25, -0.2) is 0 Å². The van der Waals surface area contributed by atoms with E-state index in [2.05, 4.69) is 44.6 Å². The molecule has 0 unspecified atom stereocenters. The molecule has 56 heavy (non-hydrogen) atoms. The molecule has 0 radical (unpaired) electrons. The molecule has 0 aliphatic carbocycles. The minimum Gasteiger partial charge on any atom is -0.492 e. The van der Waals surface area contributed by atoms with Crippen molar-refractivity contribution in [2.45, 2.75) is 45.9 Å². The Bertz CT molecular complexity index is 2220. The van der Waals surface area contributed by atoms with Crippen LogP contribution < -0.4 is 24.8 Å². The van der Waals surface area contributed by atoms with Crippen molar-refractivity contribution in [2.24, 2.45) is 0 Å². The summed E-state index contributed by atoms with van der Waals surface area (Å²) in [6.07, 6.45) is 13.1. The van der Waals surface area contributed by atoms with Crippen molar-refractivity contribution in [3.63, 3.8) is 0 Å². The summed E-state index contributed by atoms with van der Waals surface area (Å²) >= 11 is 13.8. The molecule has 2 N–H and O–H groups in total. The highest BCUT2D eigenvalue weighted by atomic mass is 35.5. The van der Waals surface area contributed by atoms with Crippen LogP contribution in [0.25, 0.3) is 11.1 Å².